The van der Waals surface area contributed by atoms with Gasteiger partial charge in [0.15, 0.2) is 0 Å². The van der Waals surface area contributed by atoms with Crippen molar-refractivity contribution in [2.24, 2.45) is 0 Å². The summed E-state index contributed by atoms with van der Waals surface area (Å²) in [5.74, 6) is 0.996. The van der Waals surface area contributed by atoms with Crippen molar-refractivity contribution < 1.29 is 13.2 Å². The molecule has 1 heterocycles. The topological polar surface area (TPSA) is 46.6 Å². The van der Waals surface area contributed by atoms with Gasteiger partial charge in [-0.2, -0.15) is 8.42 Å². The van der Waals surface area contributed by atoms with Crippen molar-refractivity contribution in [2.75, 3.05) is 18.0 Å². The van der Waals surface area contributed by atoms with Crippen LogP contribution in [0, 0.1) is 6.92 Å². The third-order valence-corrected chi connectivity index (χ3v) is 4.31. The number of aryl methyl sites for hydroxylation is 2. The predicted octanol–water partition coefficient (Wildman–Crippen LogP) is 3.94. The van der Waals surface area contributed by atoms with Crippen molar-refractivity contribution in [3.8, 4) is 5.75 Å². The summed E-state index contributed by atoms with van der Waals surface area (Å²) >= 11 is -0.750. The minimum atomic E-state index is -0.750. The Morgan fingerprint density at radius 2 is 1.72 bits per heavy atom. The normalized spacial score (nSPS) is 16.1. The number of hydrogen-bond donors (Lipinski definition) is 0. The van der Waals surface area contributed by atoms with Crippen molar-refractivity contribution >= 4 is 17.3 Å². The van der Waals surface area contributed by atoms with Crippen LogP contribution >= 0.6 is 0 Å². The molecule has 2 aromatic rings. The van der Waals surface area contributed by atoms with E-state index in [4.69, 9.17) is 13.2 Å². The molecule has 0 unspecified atom stereocenters. The molecule has 4 nitrogen and oxygen atoms in total. The van der Waals surface area contributed by atoms with Gasteiger partial charge in [0, 0.05) is 18.7 Å². The second kappa shape index (κ2) is 9.99. The third kappa shape index (κ3) is 6.02. The molecule has 5 heteroatoms. The highest BCUT2D eigenvalue weighted by Gasteiger charge is 2.24. The maximum atomic E-state index is 8.29. The molecule has 1 aliphatic heterocycles. The van der Waals surface area contributed by atoms with Crippen LogP contribution in [-0.2, 0) is 18.0 Å². The fraction of sp³-hybridized carbons (Fsp3) is 0.400. The van der Waals surface area contributed by atoms with E-state index in [1.807, 2.05) is 0 Å². The number of nitrogens with zero attached hydrogens (tertiary/aromatic N) is 1. The highest BCUT2D eigenvalue weighted by atomic mass is 32.1. The molecule has 1 saturated heterocycles. The van der Waals surface area contributed by atoms with Gasteiger partial charge in [-0.15, -0.1) is 0 Å². The maximum Gasteiger partial charge on any atom is 0.335 e. The maximum absolute atomic E-state index is 8.29. The fourth-order valence-electron chi connectivity index (χ4n) is 3.03. The summed E-state index contributed by atoms with van der Waals surface area (Å²) in [4.78, 5) is 2.41. The molecule has 0 saturated carbocycles. The van der Waals surface area contributed by atoms with E-state index in [2.05, 4.69) is 67.3 Å². The molecule has 0 bridgehead atoms. The van der Waals surface area contributed by atoms with Crippen LogP contribution in [0.5, 0.6) is 5.75 Å². The summed E-state index contributed by atoms with van der Waals surface area (Å²) in [5.41, 5.74) is 4.00. The van der Waals surface area contributed by atoms with E-state index in [1.54, 1.807) is 0 Å². The zero-order valence-corrected chi connectivity index (χ0v) is 15.6. The van der Waals surface area contributed by atoms with Gasteiger partial charge >= 0.3 is 11.6 Å². The second-order valence-corrected chi connectivity index (χ2v) is 6.41. The van der Waals surface area contributed by atoms with Gasteiger partial charge in [-0.3, -0.25) is 0 Å². The van der Waals surface area contributed by atoms with Crippen molar-refractivity contribution in [3.05, 3.63) is 59.7 Å². The minimum Gasteiger partial charge on any atom is -0.489 e. The number of hydrogen-bond acceptors (Lipinski definition) is 4. The van der Waals surface area contributed by atoms with Crippen molar-refractivity contribution in [3.63, 3.8) is 0 Å². The molecular formula is C20H25NO3S. The number of anilines is 1. The van der Waals surface area contributed by atoms with Gasteiger partial charge in [0.25, 0.3) is 0 Å². The lowest BCUT2D eigenvalue weighted by molar-refractivity contribution is 0.225. The van der Waals surface area contributed by atoms with Crippen LogP contribution in [-0.4, -0.2) is 27.6 Å². The molecule has 134 valence electrons. The molecule has 0 N–H and O–H groups in total. The smallest absolute Gasteiger partial charge is 0.335 e. The van der Waals surface area contributed by atoms with E-state index in [1.165, 1.54) is 23.2 Å². The number of ether oxygens (including phenoxy) is 1. The molecule has 25 heavy (non-hydrogen) atoms. The van der Waals surface area contributed by atoms with Gasteiger partial charge < -0.3 is 9.64 Å². The Morgan fingerprint density at radius 3 is 2.32 bits per heavy atom. The summed E-state index contributed by atoms with van der Waals surface area (Å²) in [6.45, 7) is 6.38. The molecule has 2 aromatic carbocycles. The summed E-state index contributed by atoms with van der Waals surface area (Å²) in [7, 11) is 0. The Balaban J connectivity index is 0.000000701. The minimum absolute atomic E-state index is 0.290. The Bertz CT molecular complexity index is 679. The second-order valence-electron chi connectivity index (χ2n) is 6.27. The van der Waals surface area contributed by atoms with E-state index >= 15 is 0 Å². The van der Waals surface area contributed by atoms with Gasteiger partial charge in [0.2, 0.25) is 0 Å². The van der Waals surface area contributed by atoms with Crippen LogP contribution in [0.4, 0.5) is 5.69 Å². The average Bonchev–Trinajstić information content (AvgIpc) is 3.07. The first-order chi connectivity index (χ1) is 12.2. The SMILES string of the molecule is CCCc1ccc(O[C@H]2CCN(c3ccc(C)cc3)C2)cc1.O=S=O. The highest BCUT2D eigenvalue weighted by molar-refractivity contribution is 7.51. The first-order valence-corrected chi connectivity index (χ1v) is 9.32. The molecule has 3 rings (SSSR count). The lowest BCUT2D eigenvalue weighted by Crippen LogP contribution is -2.24. The summed E-state index contributed by atoms with van der Waals surface area (Å²) < 4.78 is 22.7. The highest BCUT2D eigenvalue weighted by Crippen LogP contribution is 2.24. The summed E-state index contributed by atoms with van der Waals surface area (Å²) in [6, 6.07) is 17.4. The zero-order valence-electron chi connectivity index (χ0n) is 14.8. The van der Waals surface area contributed by atoms with Crippen LogP contribution in [0.3, 0.4) is 0 Å². The zero-order chi connectivity index (χ0) is 18.1. The Hall–Kier alpha value is -2.14. The van der Waals surface area contributed by atoms with E-state index in [9.17, 15) is 0 Å². The molecule has 1 aliphatic rings. The van der Waals surface area contributed by atoms with Gasteiger partial charge in [-0.1, -0.05) is 43.2 Å². The fourth-order valence-corrected chi connectivity index (χ4v) is 3.03. The molecule has 0 spiro atoms. The molecule has 0 aromatic heterocycles. The van der Waals surface area contributed by atoms with E-state index in [0.717, 1.165) is 31.7 Å². The lowest BCUT2D eigenvalue weighted by atomic mass is 10.1. The number of rotatable bonds is 5. The van der Waals surface area contributed by atoms with Gasteiger partial charge in [0.1, 0.15) is 11.9 Å². The molecule has 0 radical (unpaired) electrons. The average molecular weight is 359 g/mol. The standard InChI is InChI=1S/C20H25NO.O2S/c1-3-4-17-7-11-19(12-8-17)22-20-13-14-21(15-20)18-9-5-16(2)6-10-18;1-3-2/h5-12,20H,3-4,13-15H2,1-2H3;/t20-;/m0./s1. The van der Waals surface area contributed by atoms with Crippen LogP contribution < -0.4 is 9.64 Å². The predicted molar refractivity (Wildman–Crippen MR) is 102 cm³/mol. The summed E-state index contributed by atoms with van der Waals surface area (Å²) in [6.07, 6.45) is 3.71. The Labute approximate surface area is 153 Å². The largest absolute Gasteiger partial charge is 0.489 e. The van der Waals surface area contributed by atoms with Gasteiger partial charge in [0.05, 0.1) is 6.54 Å². The van der Waals surface area contributed by atoms with E-state index in [-0.39, 0.29) is 0 Å². The molecule has 0 amide bonds. The van der Waals surface area contributed by atoms with Crippen molar-refractivity contribution in [1.82, 2.24) is 0 Å². The monoisotopic (exact) mass is 359 g/mol. The first-order valence-electron chi connectivity index (χ1n) is 8.65. The van der Waals surface area contributed by atoms with E-state index < -0.39 is 11.6 Å². The molecule has 1 fully saturated rings. The van der Waals surface area contributed by atoms with Crippen LogP contribution in [0.25, 0.3) is 0 Å². The Kier molecular flexibility index (Phi) is 7.67. The number of benzene rings is 2. The molecular weight excluding hydrogens is 334 g/mol. The molecule has 1 atom stereocenters. The Morgan fingerprint density at radius 1 is 1.08 bits per heavy atom. The lowest BCUT2D eigenvalue weighted by Gasteiger charge is -2.19. The van der Waals surface area contributed by atoms with Gasteiger partial charge in [-0.05, 0) is 43.2 Å². The quantitative estimate of drug-likeness (QED) is 0.811. The summed E-state index contributed by atoms with van der Waals surface area (Å²) in [5, 5.41) is 0. The van der Waals surface area contributed by atoms with Crippen molar-refractivity contribution in [1.29, 1.82) is 0 Å². The first kappa shape index (κ1) is 19.2. The third-order valence-electron chi connectivity index (χ3n) is 4.31. The van der Waals surface area contributed by atoms with Crippen LogP contribution in [0.15, 0.2) is 48.5 Å². The van der Waals surface area contributed by atoms with Crippen molar-refractivity contribution in [2.45, 2.75) is 39.2 Å². The van der Waals surface area contributed by atoms with E-state index in [0.29, 0.717) is 6.10 Å². The van der Waals surface area contributed by atoms with Gasteiger partial charge in [-0.25, -0.2) is 0 Å². The van der Waals surface area contributed by atoms with Crippen LogP contribution in [0.2, 0.25) is 0 Å². The molecule has 0 aliphatic carbocycles. The van der Waals surface area contributed by atoms with Crippen LogP contribution in [0.1, 0.15) is 30.9 Å².